The second-order valence-corrected chi connectivity index (χ2v) is 5.12. The molecule has 1 aliphatic rings. The highest BCUT2D eigenvalue weighted by Crippen LogP contribution is 2.14. The molecule has 0 saturated carbocycles. The monoisotopic (exact) mass is 251 g/mol. The third kappa shape index (κ3) is 4.01. The number of carbonyl (C=O) groups excluding carboxylic acids is 1. The summed E-state index contributed by atoms with van der Waals surface area (Å²) in [7, 11) is 0. The minimum Gasteiger partial charge on any atom is -0.339 e. The van der Waals surface area contributed by atoms with E-state index < -0.39 is 5.54 Å². The average Bonchev–Trinajstić information content (AvgIpc) is 2.36. The predicted octanol–water partition coefficient (Wildman–Crippen LogP) is 0.718. The Morgan fingerprint density at radius 1 is 1.56 bits per heavy atom. The largest absolute Gasteiger partial charge is 0.339 e. The Kier molecular flexibility index (Phi) is 5.64. The summed E-state index contributed by atoms with van der Waals surface area (Å²) in [5, 5.41) is 2.98. The first-order valence-corrected chi connectivity index (χ1v) is 6.82. The van der Waals surface area contributed by atoms with E-state index in [1.165, 1.54) is 0 Å². The molecule has 1 saturated heterocycles. The summed E-state index contributed by atoms with van der Waals surface area (Å²) in [6.45, 7) is 6.15. The number of hydrogen-bond acceptors (Lipinski definition) is 3. The van der Waals surface area contributed by atoms with Gasteiger partial charge in [-0.25, -0.2) is 0 Å². The average molecular weight is 251 g/mol. The Morgan fingerprint density at radius 2 is 2.22 bits per heavy atom. The number of likely N-dealkylation sites (tertiary alicyclic amines) is 1. The van der Waals surface area contributed by atoms with Crippen LogP contribution in [0.4, 0.5) is 0 Å². The molecule has 0 aliphatic carbocycles. The molecule has 4 heteroatoms. The van der Waals surface area contributed by atoms with Crippen LogP contribution in [0.2, 0.25) is 0 Å². The van der Waals surface area contributed by atoms with Crippen molar-refractivity contribution in [1.82, 2.24) is 10.2 Å². The van der Waals surface area contributed by atoms with Gasteiger partial charge in [0.05, 0.1) is 6.54 Å². The first kappa shape index (κ1) is 15.0. The highest BCUT2D eigenvalue weighted by Gasteiger charge is 2.26. The van der Waals surface area contributed by atoms with Crippen molar-refractivity contribution in [2.24, 2.45) is 5.73 Å². The molecule has 18 heavy (non-hydrogen) atoms. The van der Waals surface area contributed by atoms with Crippen LogP contribution in [0, 0.1) is 12.3 Å². The summed E-state index contributed by atoms with van der Waals surface area (Å²) in [6, 6.07) is 0.196. The van der Waals surface area contributed by atoms with E-state index in [-0.39, 0.29) is 11.9 Å². The van der Waals surface area contributed by atoms with E-state index in [9.17, 15) is 4.79 Å². The summed E-state index contributed by atoms with van der Waals surface area (Å²) >= 11 is 0. The molecule has 0 bridgehead atoms. The van der Waals surface area contributed by atoms with Crippen LogP contribution < -0.4 is 11.1 Å². The number of carbonyl (C=O) groups is 1. The maximum atomic E-state index is 12.0. The van der Waals surface area contributed by atoms with E-state index in [2.05, 4.69) is 16.1 Å². The standard InChI is InChI=1S/C14H25N3O/c1-4-14(5-2,6-3)16-13(18)11-17-9-7-8-12(15)10-17/h1,12H,5-11,15H2,2-3H3,(H,16,18). The van der Waals surface area contributed by atoms with Crippen molar-refractivity contribution < 1.29 is 4.79 Å². The first-order chi connectivity index (χ1) is 8.55. The van der Waals surface area contributed by atoms with Gasteiger partial charge in [0.25, 0.3) is 0 Å². The van der Waals surface area contributed by atoms with Gasteiger partial charge in [-0.2, -0.15) is 0 Å². The minimum absolute atomic E-state index is 0.00532. The summed E-state index contributed by atoms with van der Waals surface area (Å²) in [4.78, 5) is 14.1. The van der Waals surface area contributed by atoms with Gasteiger partial charge in [-0.05, 0) is 32.2 Å². The summed E-state index contributed by atoms with van der Waals surface area (Å²) < 4.78 is 0. The number of nitrogens with two attached hydrogens (primary N) is 1. The molecule has 0 aromatic rings. The van der Waals surface area contributed by atoms with Crippen LogP contribution in [-0.4, -0.2) is 42.0 Å². The molecule has 0 spiro atoms. The number of hydrogen-bond donors (Lipinski definition) is 2. The molecule has 1 heterocycles. The third-order valence-corrected chi connectivity index (χ3v) is 3.77. The molecule has 1 atom stereocenters. The van der Waals surface area contributed by atoms with Gasteiger partial charge in [-0.15, -0.1) is 6.42 Å². The molecule has 1 unspecified atom stereocenters. The number of nitrogens with one attached hydrogen (secondary N) is 1. The van der Waals surface area contributed by atoms with Crippen molar-refractivity contribution in [2.45, 2.75) is 51.1 Å². The van der Waals surface area contributed by atoms with Crippen molar-refractivity contribution in [3.63, 3.8) is 0 Å². The Labute approximate surface area is 110 Å². The molecule has 1 amide bonds. The fraction of sp³-hybridized carbons (Fsp3) is 0.786. The summed E-state index contributed by atoms with van der Waals surface area (Å²) in [6.07, 6.45) is 9.16. The molecule has 1 fully saturated rings. The van der Waals surface area contributed by atoms with Crippen LogP contribution in [0.5, 0.6) is 0 Å². The lowest BCUT2D eigenvalue weighted by atomic mass is 9.94. The zero-order chi connectivity index (χ0) is 13.6. The van der Waals surface area contributed by atoms with Crippen molar-refractivity contribution in [1.29, 1.82) is 0 Å². The van der Waals surface area contributed by atoms with Gasteiger partial charge < -0.3 is 11.1 Å². The Bertz CT molecular complexity index is 317. The molecule has 1 rings (SSSR count). The molecule has 4 nitrogen and oxygen atoms in total. The second-order valence-electron chi connectivity index (χ2n) is 5.12. The fourth-order valence-electron chi connectivity index (χ4n) is 2.41. The van der Waals surface area contributed by atoms with Crippen molar-refractivity contribution in [3.05, 3.63) is 0 Å². The quantitative estimate of drug-likeness (QED) is 0.708. The van der Waals surface area contributed by atoms with E-state index in [0.29, 0.717) is 6.54 Å². The van der Waals surface area contributed by atoms with E-state index in [1.54, 1.807) is 0 Å². The molecule has 1 aliphatic heterocycles. The second kappa shape index (κ2) is 6.77. The van der Waals surface area contributed by atoms with Crippen LogP contribution in [-0.2, 0) is 4.79 Å². The number of amides is 1. The maximum Gasteiger partial charge on any atom is 0.235 e. The summed E-state index contributed by atoms with van der Waals surface area (Å²) in [5.74, 6) is 2.72. The van der Waals surface area contributed by atoms with Gasteiger partial charge in [0.1, 0.15) is 5.54 Å². The SMILES string of the molecule is C#CC(CC)(CC)NC(=O)CN1CCCC(N)C1. The number of piperidine rings is 1. The highest BCUT2D eigenvalue weighted by atomic mass is 16.2. The van der Waals surface area contributed by atoms with E-state index in [4.69, 9.17) is 12.2 Å². The first-order valence-electron chi connectivity index (χ1n) is 6.82. The highest BCUT2D eigenvalue weighted by molar-refractivity contribution is 5.79. The van der Waals surface area contributed by atoms with E-state index >= 15 is 0 Å². The van der Waals surface area contributed by atoms with Gasteiger partial charge >= 0.3 is 0 Å². The molecule has 0 aromatic carbocycles. The maximum absolute atomic E-state index is 12.0. The molecule has 0 radical (unpaired) electrons. The molecular weight excluding hydrogens is 226 g/mol. The van der Waals surface area contributed by atoms with Crippen molar-refractivity contribution >= 4 is 5.91 Å². The topological polar surface area (TPSA) is 58.4 Å². The predicted molar refractivity (Wildman–Crippen MR) is 73.9 cm³/mol. The Balaban J connectivity index is 2.48. The molecule has 3 N–H and O–H groups in total. The van der Waals surface area contributed by atoms with Crippen molar-refractivity contribution in [2.75, 3.05) is 19.6 Å². The van der Waals surface area contributed by atoms with Crippen LogP contribution >= 0.6 is 0 Å². The van der Waals surface area contributed by atoms with Gasteiger partial charge in [-0.1, -0.05) is 19.8 Å². The molecule has 0 aromatic heterocycles. The number of nitrogens with zero attached hydrogens (tertiary/aromatic N) is 1. The van der Waals surface area contributed by atoms with Gasteiger partial charge in [-0.3, -0.25) is 9.69 Å². The normalized spacial score (nSPS) is 21.3. The van der Waals surface area contributed by atoms with Gasteiger partial charge in [0.15, 0.2) is 0 Å². The zero-order valence-electron chi connectivity index (χ0n) is 11.5. The van der Waals surface area contributed by atoms with E-state index in [1.807, 2.05) is 13.8 Å². The van der Waals surface area contributed by atoms with E-state index in [0.717, 1.165) is 38.8 Å². The molecule has 102 valence electrons. The van der Waals surface area contributed by atoms with Crippen LogP contribution in [0.1, 0.15) is 39.5 Å². The smallest absolute Gasteiger partial charge is 0.235 e. The Hall–Kier alpha value is -1.05. The minimum atomic E-state index is -0.491. The van der Waals surface area contributed by atoms with Gasteiger partial charge in [0, 0.05) is 12.6 Å². The van der Waals surface area contributed by atoms with Crippen LogP contribution in [0.25, 0.3) is 0 Å². The lowest BCUT2D eigenvalue weighted by molar-refractivity contribution is -0.123. The zero-order valence-corrected chi connectivity index (χ0v) is 11.5. The van der Waals surface area contributed by atoms with Crippen LogP contribution in [0.15, 0.2) is 0 Å². The van der Waals surface area contributed by atoms with Crippen LogP contribution in [0.3, 0.4) is 0 Å². The Morgan fingerprint density at radius 3 is 2.72 bits per heavy atom. The number of rotatable bonds is 5. The fourth-order valence-corrected chi connectivity index (χ4v) is 2.41. The van der Waals surface area contributed by atoms with Crippen molar-refractivity contribution in [3.8, 4) is 12.3 Å². The third-order valence-electron chi connectivity index (χ3n) is 3.77. The molecular formula is C14H25N3O. The summed E-state index contributed by atoms with van der Waals surface area (Å²) in [5.41, 5.74) is 5.41. The van der Waals surface area contributed by atoms with Gasteiger partial charge in [0.2, 0.25) is 5.91 Å². The lowest BCUT2D eigenvalue weighted by Crippen LogP contribution is -2.52. The number of terminal acetylenes is 1. The lowest BCUT2D eigenvalue weighted by Gasteiger charge is -2.32.